The van der Waals surface area contributed by atoms with Crippen molar-refractivity contribution < 1.29 is 4.79 Å². The molecule has 0 unspecified atom stereocenters. The van der Waals surface area contributed by atoms with Crippen molar-refractivity contribution in [2.45, 2.75) is 44.6 Å². The lowest BCUT2D eigenvalue weighted by Crippen LogP contribution is -2.36. The Hall–Kier alpha value is -1.46. The van der Waals surface area contributed by atoms with E-state index >= 15 is 0 Å². The van der Waals surface area contributed by atoms with Crippen LogP contribution in [0.5, 0.6) is 0 Å². The number of thiazole rings is 1. The minimum absolute atomic E-state index is 0.214. The number of hydrogen-bond donors (Lipinski definition) is 0. The number of amides is 1. The molecule has 134 valence electrons. The van der Waals surface area contributed by atoms with Crippen molar-refractivity contribution in [1.29, 1.82) is 0 Å². The SMILES string of the molecule is C[C@H]1CC[C@H](c2ccc3sc(C4CCN(C)CC4)nc3c2)N(C=O)C1. The molecule has 2 aromatic rings. The van der Waals surface area contributed by atoms with E-state index < -0.39 is 0 Å². The number of rotatable bonds is 3. The van der Waals surface area contributed by atoms with Crippen molar-refractivity contribution >= 4 is 28.0 Å². The summed E-state index contributed by atoms with van der Waals surface area (Å²) in [5.41, 5.74) is 2.35. The van der Waals surface area contributed by atoms with Gasteiger partial charge in [-0.15, -0.1) is 11.3 Å². The first kappa shape index (κ1) is 17.0. The van der Waals surface area contributed by atoms with Gasteiger partial charge in [-0.05, 0) is 69.4 Å². The second-order valence-electron chi connectivity index (χ2n) is 7.86. The average Bonchev–Trinajstić information content (AvgIpc) is 3.05. The number of piperidine rings is 2. The van der Waals surface area contributed by atoms with Crippen LogP contribution in [0.2, 0.25) is 0 Å². The monoisotopic (exact) mass is 357 g/mol. The van der Waals surface area contributed by atoms with Gasteiger partial charge < -0.3 is 9.80 Å². The molecule has 0 bridgehead atoms. The van der Waals surface area contributed by atoms with Crippen LogP contribution in [-0.2, 0) is 4.79 Å². The van der Waals surface area contributed by atoms with Crippen molar-refractivity contribution in [3.05, 3.63) is 28.8 Å². The number of likely N-dealkylation sites (tertiary alicyclic amines) is 2. The first-order valence-electron chi connectivity index (χ1n) is 9.44. The van der Waals surface area contributed by atoms with Gasteiger partial charge in [0.15, 0.2) is 0 Å². The fraction of sp³-hybridized carbons (Fsp3) is 0.600. The zero-order chi connectivity index (χ0) is 17.4. The summed E-state index contributed by atoms with van der Waals surface area (Å²) < 4.78 is 1.28. The molecule has 25 heavy (non-hydrogen) atoms. The third kappa shape index (κ3) is 3.44. The molecule has 1 aromatic carbocycles. The van der Waals surface area contributed by atoms with Crippen LogP contribution in [0.1, 0.15) is 55.1 Å². The Balaban J connectivity index is 1.59. The van der Waals surface area contributed by atoms with E-state index in [0.29, 0.717) is 11.8 Å². The van der Waals surface area contributed by atoms with Crippen LogP contribution in [0.15, 0.2) is 18.2 Å². The van der Waals surface area contributed by atoms with Crippen LogP contribution in [0.3, 0.4) is 0 Å². The predicted molar refractivity (Wildman–Crippen MR) is 103 cm³/mol. The fourth-order valence-electron chi connectivity index (χ4n) is 4.26. The van der Waals surface area contributed by atoms with E-state index in [1.807, 2.05) is 16.2 Å². The summed E-state index contributed by atoms with van der Waals surface area (Å²) >= 11 is 1.85. The van der Waals surface area contributed by atoms with Gasteiger partial charge in [-0.25, -0.2) is 4.98 Å². The number of fused-ring (bicyclic) bond motifs is 1. The van der Waals surface area contributed by atoms with E-state index in [1.165, 1.54) is 47.6 Å². The molecule has 2 aliphatic rings. The quantitative estimate of drug-likeness (QED) is 0.778. The lowest BCUT2D eigenvalue weighted by molar-refractivity contribution is -0.122. The molecule has 2 aliphatic heterocycles. The summed E-state index contributed by atoms with van der Waals surface area (Å²) in [6.07, 6.45) is 5.68. The third-order valence-electron chi connectivity index (χ3n) is 5.87. The van der Waals surface area contributed by atoms with Gasteiger partial charge in [0.25, 0.3) is 0 Å². The molecule has 4 nitrogen and oxygen atoms in total. The molecule has 1 amide bonds. The number of benzene rings is 1. The molecule has 3 heterocycles. The minimum atomic E-state index is 0.214. The van der Waals surface area contributed by atoms with E-state index in [-0.39, 0.29) is 6.04 Å². The Bertz CT molecular complexity index is 750. The Morgan fingerprint density at radius 1 is 1.20 bits per heavy atom. The highest BCUT2D eigenvalue weighted by molar-refractivity contribution is 7.18. The van der Waals surface area contributed by atoms with Crippen molar-refractivity contribution in [1.82, 2.24) is 14.8 Å². The summed E-state index contributed by atoms with van der Waals surface area (Å²) in [6, 6.07) is 6.85. The summed E-state index contributed by atoms with van der Waals surface area (Å²) in [5.74, 6) is 1.21. The van der Waals surface area contributed by atoms with Gasteiger partial charge in [0.2, 0.25) is 6.41 Å². The molecule has 2 atom stereocenters. The molecule has 4 rings (SSSR count). The van der Waals surface area contributed by atoms with Gasteiger partial charge in [-0.3, -0.25) is 4.79 Å². The van der Waals surface area contributed by atoms with Crippen molar-refractivity contribution in [2.24, 2.45) is 5.92 Å². The van der Waals surface area contributed by atoms with E-state index in [1.54, 1.807) is 0 Å². The zero-order valence-electron chi connectivity index (χ0n) is 15.1. The summed E-state index contributed by atoms with van der Waals surface area (Å²) in [7, 11) is 2.20. The van der Waals surface area contributed by atoms with Gasteiger partial charge in [0.1, 0.15) is 0 Å². The van der Waals surface area contributed by atoms with Crippen molar-refractivity contribution in [3.8, 4) is 0 Å². The Morgan fingerprint density at radius 2 is 2.00 bits per heavy atom. The van der Waals surface area contributed by atoms with E-state index in [4.69, 9.17) is 4.98 Å². The Morgan fingerprint density at radius 3 is 2.76 bits per heavy atom. The highest BCUT2D eigenvalue weighted by atomic mass is 32.1. The molecular formula is C20H27N3OS. The van der Waals surface area contributed by atoms with Crippen LogP contribution < -0.4 is 0 Å². The van der Waals surface area contributed by atoms with E-state index in [0.717, 1.165) is 24.9 Å². The first-order valence-corrected chi connectivity index (χ1v) is 10.3. The van der Waals surface area contributed by atoms with Crippen LogP contribution in [0.4, 0.5) is 0 Å². The predicted octanol–water partition coefficient (Wildman–Crippen LogP) is 4.03. The summed E-state index contributed by atoms with van der Waals surface area (Å²) in [5, 5.41) is 1.30. The fourth-order valence-corrected chi connectivity index (χ4v) is 5.38. The van der Waals surface area contributed by atoms with Gasteiger partial charge in [-0.2, -0.15) is 0 Å². The third-order valence-corrected chi connectivity index (χ3v) is 7.07. The smallest absolute Gasteiger partial charge is 0.210 e. The van der Waals surface area contributed by atoms with Gasteiger partial charge >= 0.3 is 0 Å². The normalized spacial score (nSPS) is 26.2. The maximum Gasteiger partial charge on any atom is 0.210 e. The number of nitrogens with zero attached hydrogens (tertiary/aromatic N) is 3. The number of aromatic nitrogens is 1. The van der Waals surface area contributed by atoms with Crippen LogP contribution in [0.25, 0.3) is 10.2 Å². The van der Waals surface area contributed by atoms with E-state index in [2.05, 4.69) is 37.1 Å². The molecule has 0 radical (unpaired) electrons. The summed E-state index contributed by atoms with van der Waals surface area (Å²) in [4.78, 5) is 20.8. The topological polar surface area (TPSA) is 36.4 Å². The Labute approximate surface area is 153 Å². The molecule has 2 saturated heterocycles. The van der Waals surface area contributed by atoms with E-state index in [9.17, 15) is 4.79 Å². The average molecular weight is 358 g/mol. The first-order chi connectivity index (χ1) is 12.1. The van der Waals surface area contributed by atoms with Gasteiger partial charge in [0, 0.05) is 12.5 Å². The van der Waals surface area contributed by atoms with Crippen molar-refractivity contribution in [2.75, 3.05) is 26.7 Å². The maximum absolute atomic E-state index is 11.5. The largest absolute Gasteiger partial charge is 0.338 e. The Kier molecular flexibility index (Phi) is 4.78. The van der Waals surface area contributed by atoms with Crippen LogP contribution >= 0.6 is 11.3 Å². The molecule has 0 saturated carbocycles. The summed E-state index contributed by atoms with van der Waals surface area (Å²) in [6.45, 7) is 5.43. The van der Waals surface area contributed by atoms with Crippen molar-refractivity contribution in [3.63, 3.8) is 0 Å². The molecule has 0 aliphatic carbocycles. The number of carbonyl (C=O) groups is 1. The maximum atomic E-state index is 11.5. The zero-order valence-corrected chi connectivity index (χ0v) is 16.0. The molecule has 5 heteroatoms. The number of carbonyl (C=O) groups excluding carboxylic acids is 1. The second-order valence-corrected chi connectivity index (χ2v) is 8.92. The highest BCUT2D eigenvalue weighted by Crippen LogP contribution is 2.37. The van der Waals surface area contributed by atoms with Gasteiger partial charge in [0.05, 0.1) is 21.3 Å². The lowest BCUT2D eigenvalue weighted by atomic mass is 9.90. The molecule has 0 N–H and O–H groups in total. The molecule has 0 spiro atoms. The van der Waals surface area contributed by atoms with Crippen LogP contribution in [0, 0.1) is 5.92 Å². The standard InChI is InChI=1S/C20H27N3OS/c1-14-3-5-18(23(12-14)13-24)16-4-6-19-17(11-16)21-20(25-19)15-7-9-22(2)10-8-15/h4,6,11,13-15,18H,3,5,7-10,12H2,1-2H3/t14-,18+/m0/s1. The van der Waals surface area contributed by atoms with Gasteiger partial charge in [-0.1, -0.05) is 13.0 Å². The molecular weight excluding hydrogens is 330 g/mol. The minimum Gasteiger partial charge on any atom is -0.338 e. The highest BCUT2D eigenvalue weighted by Gasteiger charge is 2.27. The molecule has 2 fully saturated rings. The lowest BCUT2D eigenvalue weighted by Gasteiger charge is -2.36. The van der Waals surface area contributed by atoms with Crippen LogP contribution in [-0.4, -0.2) is 47.9 Å². The number of hydrogen-bond acceptors (Lipinski definition) is 4. The second kappa shape index (κ2) is 7.04. The molecule has 1 aromatic heterocycles.